The van der Waals surface area contributed by atoms with E-state index in [0.29, 0.717) is 44.3 Å². The van der Waals surface area contributed by atoms with Gasteiger partial charge in [0.2, 0.25) is 17.7 Å². The molecule has 1 amide bonds. The molecule has 2 aromatic rings. The van der Waals surface area contributed by atoms with E-state index >= 15 is 0 Å². The number of carbonyl (C=O) groups excluding carboxylic acids is 1. The van der Waals surface area contributed by atoms with Crippen LogP contribution < -0.4 is 0 Å². The first kappa shape index (κ1) is 17.6. The highest BCUT2D eigenvalue weighted by Gasteiger charge is 2.28. The molecule has 136 valence electrons. The number of aryl methyl sites for hydroxylation is 3. The van der Waals surface area contributed by atoms with Gasteiger partial charge in [0.15, 0.2) is 0 Å². The maximum atomic E-state index is 12.5. The molecule has 0 aliphatic carbocycles. The Balaban J connectivity index is 1.57. The van der Waals surface area contributed by atoms with Gasteiger partial charge in [0.25, 0.3) is 0 Å². The molecule has 8 nitrogen and oxygen atoms in total. The second-order valence-corrected chi connectivity index (χ2v) is 6.74. The number of imidazole rings is 1. The Bertz CT molecular complexity index is 736. The number of hydrogen-bond donors (Lipinski definition) is 0. The summed E-state index contributed by atoms with van der Waals surface area (Å²) in [6, 6.07) is 0. The molecule has 0 radical (unpaired) electrons. The maximum absolute atomic E-state index is 12.5. The molecule has 0 N–H and O–H groups in total. The lowest BCUT2D eigenvalue weighted by Gasteiger charge is -2.32. The lowest BCUT2D eigenvalue weighted by Crippen LogP contribution is -2.43. The molecular weight excluding hydrogens is 322 g/mol. The first-order valence-corrected chi connectivity index (χ1v) is 8.65. The van der Waals surface area contributed by atoms with Gasteiger partial charge in [0, 0.05) is 38.5 Å². The zero-order chi connectivity index (χ0) is 18.0. The molecule has 0 saturated carbocycles. The quantitative estimate of drug-likeness (QED) is 0.819. The molecule has 0 bridgehead atoms. The van der Waals surface area contributed by atoms with Gasteiger partial charge in [-0.25, -0.2) is 4.98 Å². The van der Waals surface area contributed by atoms with E-state index in [4.69, 9.17) is 9.15 Å². The highest BCUT2D eigenvalue weighted by Crippen LogP contribution is 2.22. The number of aromatic nitrogens is 4. The van der Waals surface area contributed by atoms with Crippen molar-refractivity contribution in [2.45, 2.75) is 45.6 Å². The minimum atomic E-state index is -0.188. The van der Waals surface area contributed by atoms with E-state index in [1.54, 1.807) is 0 Å². The number of amides is 1. The molecule has 3 heterocycles. The summed E-state index contributed by atoms with van der Waals surface area (Å²) in [5, 5.41) is 8.00. The third-order valence-corrected chi connectivity index (χ3v) is 4.27. The highest BCUT2D eigenvalue weighted by molar-refractivity contribution is 5.76. The van der Waals surface area contributed by atoms with Crippen molar-refractivity contribution in [2.24, 2.45) is 7.05 Å². The summed E-state index contributed by atoms with van der Waals surface area (Å²) >= 11 is 0. The summed E-state index contributed by atoms with van der Waals surface area (Å²) < 4.78 is 13.3. The Morgan fingerprint density at radius 3 is 2.84 bits per heavy atom. The fraction of sp³-hybridized carbons (Fsp3) is 0.647. The van der Waals surface area contributed by atoms with Crippen molar-refractivity contribution in [2.75, 3.05) is 19.7 Å². The summed E-state index contributed by atoms with van der Waals surface area (Å²) in [6.07, 6.45) is 2.59. The van der Waals surface area contributed by atoms with Crippen molar-refractivity contribution in [3.8, 4) is 0 Å². The van der Waals surface area contributed by atoms with Gasteiger partial charge in [-0.1, -0.05) is 13.8 Å². The number of rotatable bonds is 5. The van der Waals surface area contributed by atoms with Crippen molar-refractivity contribution >= 4 is 5.91 Å². The molecule has 0 spiro atoms. The molecular formula is C17H25N5O3. The van der Waals surface area contributed by atoms with Gasteiger partial charge < -0.3 is 18.6 Å². The minimum Gasteiger partial charge on any atom is -0.425 e. The third-order valence-electron chi connectivity index (χ3n) is 4.27. The molecule has 1 fully saturated rings. The molecule has 1 atom stereocenters. The lowest BCUT2D eigenvalue weighted by atomic mass is 10.2. The average molecular weight is 347 g/mol. The summed E-state index contributed by atoms with van der Waals surface area (Å²) in [5.74, 6) is 2.25. The predicted molar refractivity (Wildman–Crippen MR) is 89.9 cm³/mol. The average Bonchev–Trinajstić information content (AvgIpc) is 3.19. The van der Waals surface area contributed by atoms with E-state index in [1.807, 2.05) is 43.5 Å². The van der Waals surface area contributed by atoms with Gasteiger partial charge in [0.1, 0.15) is 11.9 Å². The normalized spacial score (nSPS) is 18.1. The van der Waals surface area contributed by atoms with Crippen molar-refractivity contribution in [1.29, 1.82) is 0 Å². The van der Waals surface area contributed by atoms with Crippen LogP contribution in [-0.4, -0.2) is 50.3 Å². The van der Waals surface area contributed by atoms with E-state index in [1.165, 1.54) is 0 Å². The fourth-order valence-corrected chi connectivity index (χ4v) is 2.94. The molecule has 1 aliphatic heterocycles. The van der Waals surface area contributed by atoms with Crippen molar-refractivity contribution in [1.82, 2.24) is 24.6 Å². The number of ether oxygens (including phenoxy) is 1. The van der Waals surface area contributed by atoms with Gasteiger partial charge in [-0.2, -0.15) is 0 Å². The molecule has 0 aromatic carbocycles. The van der Waals surface area contributed by atoms with Crippen LogP contribution in [-0.2, 0) is 23.0 Å². The smallest absolute Gasteiger partial charge is 0.223 e. The van der Waals surface area contributed by atoms with Crippen LogP contribution in [0.3, 0.4) is 0 Å². The second-order valence-electron chi connectivity index (χ2n) is 6.74. The van der Waals surface area contributed by atoms with Gasteiger partial charge in [-0.3, -0.25) is 4.79 Å². The van der Waals surface area contributed by atoms with Gasteiger partial charge >= 0.3 is 0 Å². The van der Waals surface area contributed by atoms with E-state index in [2.05, 4.69) is 15.2 Å². The number of hydrogen-bond acceptors (Lipinski definition) is 6. The molecule has 8 heteroatoms. The third kappa shape index (κ3) is 4.07. The monoisotopic (exact) mass is 347 g/mol. The predicted octanol–water partition coefficient (Wildman–Crippen LogP) is 1.77. The molecule has 1 aliphatic rings. The van der Waals surface area contributed by atoms with Crippen molar-refractivity contribution in [3.05, 3.63) is 29.5 Å². The summed E-state index contributed by atoms with van der Waals surface area (Å²) in [7, 11) is 1.95. The van der Waals surface area contributed by atoms with Crippen LogP contribution in [0.2, 0.25) is 0 Å². The Morgan fingerprint density at radius 1 is 1.40 bits per heavy atom. The highest BCUT2D eigenvalue weighted by atomic mass is 16.5. The van der Waals surface area contributed by atoms with Gasteiger partial charge in [-0.05, 0) is 6.92 Å². The van der Waals surface area contributed by atoms with Crippen LogP contribution in [0, 0.1) is 6.92 Å². The standard InChI is InChI=1S/C17H25N5O3/c1-11(2)17-20-19-14(25-17)5-6-15(23)22-7-8-24-13(10-22)16-18-12(3)9-21(16)4/h9,11,13H,5-8,10H2,1-4H3/t13-/m1/s1. The first-order valence-electron chi connectivity index (χ1n) is 8.65. The fourth-order valence-electron chi connectivity index (χ4n) is 2.94. The summed E-state index contributed by atoms with van der Waals surface area (Å²) in [5.41, 5.74) is 0.946. The first-order chi connectivity index (χ1) is 11.9. The zero-order valence-electron chi connectivity index (χ0n) is 15.2. The van der Waals surface area contributed by atoms with Gasteiger partial charge in [0.05, 0.1) is 18.8 Å². The summed E-state index contributed by atoms with van der Waals surface area (Å²) in [4.78, 5) is 18.9. The number of carbonyl (C=O) groups is 1. The van der Waals surface area contributed by atoms with Crippen molar-refractivity contribution < 1.29 is 13.9 Å². The van der Waals surface area contributed by atoms with Crippen LogP contribution in [0.5, 0.6) is 0 Å². The minimum absolute atomic E-state index is 0.0727. The number of morpholine rings is 1. The van der Waals surface area contributed by atoms with Gasteiger partial charge in [-0.15, -0.1) is 10.2 Å². The molecule has 25 heavy (non-hydrogen) atoms. The van der Waals surface area contributed by atoms with E-state index in [9.17, 15) is 4.79 Å². The van der Waals surface area contributed by atoms with Crippen LogP contribution in [0.4, 0.5) is 0 Å². The maximum Gasteiger partial charge on any atom is 0.223 e. The summed E-state index contributed by atoms with van der Waals surface area (Å²) in [6.45, 7) is 7.57. The van der Waals surface area contributed by atoms with E-state index in [0.717, 1.165) is 11.5 Å². The van der Waals surface area contributed by atoms with Crippen LogP contribution in [0.1, 0.15) is 55.6 Å². The van der Waals surface area contributed by atoms with Crippen LogP contribution >= 0.6 is 0 Å². The topological polar surface area (TPSA) is 86.3 Å². The van der Waals surface area contributed by atoms with E-state index < -0.39 is 0 Å². The second kappa shape index (κ2) is 7.35. The Kier molecular flexibility index (Phi) is 5.17. The van der Waals surface area contributed by atoms with E-state index in [-0.39, 0.29) is 17.9 Å². The zero-order valence-corrected chi connectivity index (χ0v) is 15.2. The Labute approximate surface area is 147 Å². The molecule has 1 saturated heterocycles. The lowest BCUT2D eigenvalue weighted by molar-refractivity contribution is -0.139. The SMILES string of the molecule is Cc1cn(C)c([C@H]2CN(C(=O)CCc3nnc(C(C)C)o3)CCO2)n1. The van der Waals surface area contributed by atoms with Crippen LogP contribution in [0.25, 0.3) is 0 Å². The molecule has 0 unspecified atom stereocenters. The molecule has 3 rings (SSSR count). The largest absolute Gasteiger partial charge is 0.425 e. The van der Waals surface area contributed by atoms with Crippen molar-refractivity contribution in [3.63, 3.8) is 0 Å². The Hall–Kier alpha value is -2.22. The molecule has 2 aromatic heterocycles. The number of nitrogens with zero attached hydrogens (tertiary/aromatic N) is 5. The Morgan fingerprint density at radius 2 is 2.20 bits per heavy atom. The van der Waals surface area contributed by atoms with Crippen LogP contribution in [0.15, 0.2) is 10.6 Å².